The van der Waals surface area contributed by atoms with Crippen molar-refractivity contribution in [2.75, 3.05) is 6.61 Å². The van der Waals surface area contributed by atoms with Gasteiger partial charge in [-0.1, -0.05) is 12.8 Å². The van der Waals surface area contributed by atoms with E-state index in [1.54, 1.807) is 12.4 Å². The molecule has 0 bridgehead atoms. The van der Waals surface area contributed by atoms with E-state index in [4.69, 9.17) is 4.74 Å². The van der Waals surface area contributed by atoms with Crippen molar-refractivity contribution >= 4 is 5.91 Å². The maximum absolute atomic E-state index is 12.3. The van der Waals surface area contributed by atoms with Crippen LogP contribution in [-0.4, -0.2) is 27.3 Å². The van der Waals surface area contributed by atoms with Gasteiger partial charge in [0.15, 0.2) is 0 Å². The third kappa shape index (κ3) is 3.06. The van der Waals surface area contributed by atoms with Crippen LogP contribution >= 0.6 is 0 Å². The molecular weight excluding hydrogens is 304 g/mol. The average Bonchev–Trinajstić information content (AvgIpc) is 3.25. The standard InChI is InChI=1S/C18H22N4O2/c23-18(8-13-4-1-2-5-13)21-16-11-24-12-17-15(16)10-20-22(17)14-6-3-7-19-9-14/h3,6-7,9-10,13,16H,1-2,4-5,8,11-12H2,(H,21,23)/t16-/m1/s1. The summed E-state index contributed by atoms with van der Waals surface area (Å²) in [5.41, 5.74) is 2.94. The average molecular weight is 326 g/mol. The maximum Gasteiger partial charge on any atom is 0.220 e. The molecule has 6 heteroatoms. The van der Waals surface area contributed by atoms with Crippen molar-refractivity contribution < 1.29 is 9.53 Å². The van der Waals surface area contributed by atoms with E-state index in [0.717, 1.165) is 16.9 Å². The molecule has 1 saturated carbocycles. The molecule has 0 saturated heterocycles. The number of ether oxygens (including phenoxy) is 1. The molecule has 1 atom stereocenters. The lowest BCUT2D eigenvalue weighted by molar-refractivity contribution is -0.123. The molecule has 0 radical (unpaired) electrons. The summed E-state index contributed by atoms with van der Waals surface area (Å²) >= 11 is 0. The second kappa shape index (κ2) is 6.73. The number of aromatic nitrogens is 3. The summed E-state index contributed by atoms with van der Waals surface area (Å²) in [4.78, 5) is 16.5. The van der Waals surface area contributed by atoms with E-state index >= 15 is 0 Å². The van der Waals surface area contributed by atoms with Gasteiger partial charge in [0.1, 0.15) is 0 Å². The summed E-state index contributed by atoms with van der Waals surface area (Å²) in [6.07, 6.45) is 10.8. The Morgan fingerprint density at radius 3 is 3.00 bits per heavy atom. The number of hydrogen-bond acceptors (Lipinski definition) is 4. The number of rotatable bonds is 4. The second-order valence-corrected chi connectivity index (χ2v) is 6.66. The van der Waals surface area contributed by atoms with Crippen molar-refractivity contribution in [2.45, 2.75) is 44.8 Å². The van der Waals surface area contributed by atoms with E-state index in [2.05, 4.69) is 15.4 Å². The van der Waals surface area contributed by atoms with Crippen LogP contribution in [-0.2, 0) is 16.1 Å². The maximum atomic E-state index is 12.3. The summed E-state index contributed by atoms with van der Waals surface area (Å²) in [7, 11) is 0. The first kappa shape index (κ1) is 15.3. The molecule has 0 unspecified atom stereocenters. The van der Waals surface area contributed by atoms with Gasteiger partial charge in [0.05, 0.1) is 43.0 Å². The minimum Gasteiger partial charge on any atom is -0.373 e. The van der Waals surface area contributed by atoms with Gasteiger partial charge in [-0.15, -0.1) is 0 Å². The first-order valence-electron chi connectivity index (χ1n) is 8.65. The number of nitrogens with one attached hydrogen (secondary N) is 1. The minimum atomic E-state index is -0.118. The van der Waals surface area contributed by atoms with Gasteiger partial charge in [-0.2, -0.15) is 5.10 Å². The van der Waals surface area contributed by atoms with Crippen LogP contribution in [0.4, 0.5) is 0 Å². The van der Waals surface area contributed by atoms with Crippen LogP contribution in [0.3, 0.4) is 0 Å². The summed E-state index contributed by atoms with van der Waals surface area (Å²) in [6.45, 7) is 1.00. The lowest BCUT2D eigenvalue weighted by Crippen LogP contribution is -2.35. The van der Waals surface area contributed by atoms with Gasteiger partial charge in [0.25, 0.3) is 0 Å². The summed E-state index contributed by atoms with van der Waals surface area (Å²) in [5.74, 6) is 0.671. The second-order valence-electron chi connectivity index (χ2n) is 6.66. The smallest absolute Gasteiger partial charge is 0.220 e. The highest BCUT2D eigenvalue weighted by atomic mass is 16.5. The lowest BCUT2D eigenvalue weighted by Gasteiger charge is -2.25. The predicted octanol–water partition coefficient (Wildman–Crippen LogP) is 2.54. The van der Waals surface area contributed by atoms with Crippen molar-refractivity contribution in [1.82, 2.24) is 20.1 Å². The first-order valence-corrected chi connectivity index (χ1v) is 8.65. The monoisotopic (exact) mass is 326 g/mol. The van der Waals surface area contributed by atoms with Gasteiger partial charge in [0, 0.05) is 18.2 Å². The Bertz CT molecular complexity index is 707. The molecule has 6 nitrogen and oxygen atoms in total. The Balaban J connectivity index is 1.50. The zero-order valence-electron chi connectivity index (χ0n) is 13.6. The highest BCUT2D eigenvalue weighted by Gasteiger charge is 2.28. The molecule has 4 rings (SSSR count). The molecule has 24 heavy (non-hydrogen) atoms. The Hall–Kier alpha value is -2.21. The van der Waals surface area contributed by atoms with E-state index in [1.165, 1.54) is 25.7 Å². The normalized spacial score (nSPS) is 20.8. The minimum absolute atomic E-state index is 0.118. The van der Waals surface area contributed by atoms with Crippen molar-refractivity contribution in [1.29, 1.82) is 0 Å². The lowest BCUT2D eigenvalue weighted by atomic mass is 10.0. The fourth-order valence-electron chi connectivity index (χ4n) is 3.74. The molecule has 1 fully saturated rings. The van der Waals surface area contributed by atoms with Crippen LogP contribution in [0, 0.1) is 5.92 Å². The molecule has 0 spiro atoms. The van der Waals surface area contributed by atoms with Gasteiger partial charge < -0.3 is 10.1 Å². The van der Waals surface area contributed by atoms with Crippen molar-refractivity contribution in [3.63, 3.8) is 0 Å². The Morgan fingerprint density at radius 2 is 2.21 bits per heavy atom. The van der Waals surface area contributed by atoms with E-state index in [0.29, 0.717) is 25.6 Å². The Labute approximate surface area is 141 Å². The van der Waals surface area contributed by atoms with Gasteiger partial charge in [-0.25, -0.2) is 4.68 Å². The first-order chi connectivity index (χ1) is 11.8. The van der Waals surface area contributed by atoms with Crippen LogP contribution in [0.5, 0.6) is 0 Å². The molecule has 126 valence electrons. The van der Waals surface area contributed by atoms with Crippen LogP contribution in [0.1, 0.15) is 49.4 Å². The number of carbonyl (C=O) groups excluding carboxylic acids is 1. The molecule has 0 aromatic carbocycles. The highest BCUT2D eigenvalue weighted by Crippen LogP contribution is 2.29. The third-order valence-corrected chi connectivity index (χ3v) is 4.97. The molecule has 1 N–H and O–H groups in total. The Morgan fingerprint density at radius 1 is 1.33 bits per heavy atom. The summed E-state index contributed by atoms with van der Waals surface area (Å²) < 4.78 is 7.55. The molecule has 2 aliphatic rings. The van der Waals surface area contributed by atoms with Crippen LogP contribution in [0.25, 0.3) is 5.69 Å². The zero-order chi connectivity index (χ0) is 16.4. The molecule has 2 aromatic rings. The molecule has 1 aliphatic carbocycles. The quantitative estimate of drug-likeness (QED) is 0.937. The zero-order valence-corrected chi connectivity index (χ0v) is 13.6. The number of fused-ring (bicyclic) bond motifs is 1. The predicted molar refractivity (Wildman–Crippen MR) is 88.5 cm³/mol. The number of pyridine rings is 1. The van der Waals surface area contributed by atoms with Crippen LogP contribution in [0.2, 0.25) is 0 Å². The van der Waals surface area contributed by atoms with Crippen molar-refractivity contribution in [3.8, 4) is 5.69 Å². The summed E-state index contributed by atoms with van der Waals surface area (Å²) in [6, 6.07) is 3.73. The number of hydrogen-bond donors (Lipinski definition) is 1. The molecule has 2 aromatic heterocycles. The van der Waals surface area contributed by atoms with Crippen molar-refractivity contribution in [3.05, 3.63) is 42.0 Å². The largest absolute Gasteiger partial charge is 0.373 e. The highest BCUT2D eigenvalue weighted by molar-refractivity contribution is 5.76. The fraction of sp³-hybridized carbons (Fsp3) is 0.500. The SMILES string of the molecule is O=C(CC1CCCC1)N[C@@H]1COCc2c1cnn2-c1cccnc1. The summed E-state index contributed by atoms with van der Waals surface area (Å²) in [5, 5.41) is 7.61. The van der Waals surface area contributed by atoms with E-state index in [9.17, 15) is 4.79 Å². The van der Waals surface area contributed by atoms with Crippen molar-refractivity contribution in [2.24, 2.45) is 5.92 Å². The van der Waals surface area contributed by atoms with Gasteiger partial charge in [0.2, 0.25) is 5.91 Å². The van der Waals surface area contributed by atoms with Crippen LogP contribution < -0.4 is 5.32 Å². The van der Waals surface area contributed by atoms with Gasteiger partial charge in [-0.3, -0.25) is 9.78 Å². The topological polar surface area (TPSA) is 69.0 Å². The molecule has 3 heterocycles. The molecule has 1 amide bonds. The third-order valence-electron chi connectivity index (χ3n) is 4.97. The number of carbonyl (C=O) groups is 1. The molecular formula is C18H22N4O2. The van der Waals surface area contributed by atoms with Gasteiger partial charge >= 0.3 is 0 Å². The van der Waals surface area contributed by atoms with Gasteiger partial charge in [-0.05, 0) is 30.9 Å². The number of amides is 1. The van der Waals surface area contributed by atoms with E-state index < -0.39 is 0 Å². The fourth-order valence-corrected chi connectivity index (χ4v) is 3.74. The van der Waals surface area contributed by atoms with Crippen LogP contribution in [0.15, 0.2) is 30.7 Å². The molecule has 1 aliphatic heterocycles. The number of nitrogens with zero attached hydrogens (tertiary/aromatic N) is 3. The van der Waals surface area contributed by atoms with E-state index in [1.807, 2.05) is 23.0 Å². The van der Waals surface area contributed by atoms with E-state index in [-0.39, 0.29) is 11.9 Å². The Kier molecular flexibility index (Phi) is 4.30.